The number of nitrogens with zero attached hydrogens (tertiary/aromatic N) is 2. The summed E-state index contributed by atoms with van der Waals surface area (Å²) in [4.78, 5) is 18.2. The second-order valence-electron chi connectivity index (χ2n) is 6.50. The van der Waals surface area contributed by atoms with Crippen LogP contribution in [0.25, 0.3) is 0 Å². The minimum absolute atomic E-state index is 0. The third kappa shape index (κ3) is 6.28. The lowest BCUT2D eigenvalue weighted by molar-refractivity contribution is -0.146. The van der Waals surface area contributed by atoms with Crippen molar-refractivity contribution >= 4 is 35.9 Å². The fourth-order valence-electron chi connectivity index (χ4n) is 3.49. The van der Waals surface area contributed by atoms with Crippen LogP contribution in [0.4, 0.5) is 0 Å². The van der Waals surface area contributed by atoms with Crippen molar-refractivity contribution in [3.8, 4) is 17.2 Å². The van der Waals surface area contributed by atoms with E-state index in [9.17, 15) is 4.79 Å². The molecule has 0 radical (unpaired) electrons. The van der Waals surface area contributed by atoms with Crippen LogP contribution in [0.1, 0.15) is 18.4 Å². The number of methoxy groups -OCH3 is 4. The van der Waals surface area contributed by atoms with E-state index in [1.54, 1.807) is 28.4 Å². The van der Waals surface area contributed by atoms with Crippen molar-refractivity contribution in [2.75, 3.05) is 55.1 Å². The number of benzene rings is 1. The zero-order chi connectivity index (χ0) is 20.5. The number of carbonyl (C=O) groups excluding carboxylic acids is 1. The maximum atomic E-state index is 11.7. The van der Waals surface area contributed by atoms with E-state index in [0.717, 1.165) is 43.9 Å². The Morgan fingerprint density at radius 3 is 2.28 bits per heavy atom. The molecule has 9 heteroatoms. The van der Waals surface area contributed by atoms with Gasteiger partial charge < -0.3 is 29.2 Å². The predicted octanol–water partition coefficient (Wildman–Crippen LogP) is 2.33. The van der Waals surface area contributed by atoms with E-state index in [-0.39, 0.29) is 35.9 Å². The third-order valence-corrected chi connectivity index (χ3v) is 5.00. The monoisotopic (exact) mass is 521 g/mol. The van der Waals surface area contributed by atoms with E-state index in [4.69, 9.17) is 18.9 Å². The zero-order valence-corrected chi connectivity index (χ0v) is 20.1. The lowest BCUT2D eigenvalue weighted by Crippen LogP contribution is -2.47. The SMILES string of the molecule is CN=C(NCCc1ccc(OC)c(OC)c1OC)N1CCC(C(=O)OC)CC1.I. The van der Waals surface area contributed by atoms with E-state index in [2.05, 4.69) is 15.2 Å². The number of aliphatic imine (C=N–C) groups is 1. The summed E-state index contributed by atoms with van der Waals surface area (Å²) < 4.78 is 21.2. The first kappa shape index (κ1) is 25.1. The van der Waals surface area contributed by atoms with Crippen LogP contribution in [0.3, 0.4) is 0 Å². The second kappa shape index (κ2) is 12.6. The van der Waals surface area contributed by atoms with Crippen LogP contribution in [0.2, 0.25) is 0 Å². The Hall–Kier alpha value is -1.91. The lowest BCUT2D eigenvalue weighted by Gasteiger charge is -2.33. The number of piperidine rings is 1. The Bertz CT molecular complexity index is 691. The summed E-state index contributed by atoms with van der Waals surface area (Å²) in [5, 5.41) is 3.40. The Kier molecular flexibility index (Phi) is 10.9. The molecule has 1 aromatic rings. The van der Waals surface area contributed by atoms with E-state index >= 15 is 0 Å². The van der Waals surface area contributed by atoms with Gasteiger partial charge in [-0.05, 0) is 25.3 Å². The summed E-state index contributed by atoms with van der Waals surface area (Å²) >= 11 is 0. The summed E-state index contributed by atoms with van der Waals surface area (Å²) in [5.74, 6) is 2.61. The number of esters is 1. The van der Waals surface area contributed by atoms with Crippen LogP contribution in [0.5, 0.6) is 17.2 Å². The van der Waals surface area contributed by atoms with E-state index in [1.165, 1.54) is 7.11 Å². The highest BCUT2D eigenvalue weighted by Gasteiger charge is 2.27. The number of guanidine groups is 1. The molecular formula is C20H32IN3O5. The van der Waals surface area contributed by atoms with Crippen molar-refractivity contribution in [3.05, 3.63) is 17.7 Å². The van der Waals surface area contributed by atoms with E-state index < -0.39 is 0 Å². The number of rotatable bonds is 7. The summed E-state index contributed by atoms with van der Waals surface area (Å²) in [6, 6.07) is 3.86. The van der Waals surface area contributed by atoms with Crippen molar-refractivity contribution in [2.45, 2.75) is 19.3 Å². The Morgan fingerprint density at radius 2 is 1.76 bits per heavy atom. The van der Waals surface area contributed by atoms with Crippen molar-refractivity contribution in [2.24, 2.45) is 10.9 Å². The molecule has 1 aliphatic rings. The van der Waals surface area contributed by atoms with Crippen LogP contribution >= 0.6 is 24.0 Å². The molecule has 1 aromatic carbocycles. The van der Waals surface area contributed by atoms with Gasteiger partial charge in [0, 0.05) is 32.2 Å². The smallest absolute Gasteiger partial charge is 0.308 e. The first-order chi connectivity index (χ1) is 13.6. The van der Waals surface area contributed by atoms with Crippen molar-refractivity contribution < 1.29 is 23.7 Å². The van der Waals surface area contributed by atoms with Crippen LogP contribution in [-0.4, -0.2) is 71.9 Å². The summed E-state index contributed by atoms with van der Waals surface area (Å²) in [6.45, 7) is 2.24. The van der Waals surface area contributed by atoms with Gasteiger partial charge in [0.25, 0.3) is 0 Å². The molecule has 0 amide bonds. The minimum atomic E-state index is -0.122. The summed E-state index contributed by atoms with van der Waals surface area (Å²) in [6.07, 6.45) is 2.29. The number of hydrogen-bond acceptors (Lipinski definition) is 6. The molecule has 29 heavy (non-hydrogen) atoms. The molecule has 164 valence electrons. The maximum Gasteiger partial charge on any atom is 0.308 e. The predicted molar refractivity (Wildman–Crippen MR) is 123 cm³/mol. The third-order valence-electron chi connectivity index (χ3n) is 5.00. The normalized spacial score (nSPS) is 14.7. The molecule has 1 fully saturated rings. The second-order valence-corrected chi connectivity index (χ2v) is 6.50. The van der Waals surface area contributed by atoms with E-state index in [1.807, 2.05) is 12.1 Å². The van der Waals surface area contributed by atoms with Gasteiger partial charge in [-0.15, -0.1) is 24.0 Å². The Labute approximate surface area is 189 Å². The molecule has 8 nitrogen and oxygen atoms in total. The molecule has 0 saturated carbocycles. The topological polar surface area (TPSA) is 81.6 Å². The fourth-order valence-corrected chi connectivity index (χ4v) is 3.49. The van der Waals surface area contributed by atoms with E-state index in [0.29, 0.717) is 23.8 Å². The highest BCUT2D eigenvalue weighted by Crippen LogP contribution is 2.39. The molecule has 0 bridgehead atoms. The van der Waals surface area contributed by atoms with Gasteiger partial charge in [-0.25, -0.2) is 0 Å². The van der Waals surface area contributed by atoms with Crippen molar-refractivity contribution in [1.82, 2.24) is 10.2 Å². The van der Waals surface area contributed by atoms with Gasteiger partial charge in [0.05, 0.1) is 34.4 Å². The van der Waals surface area contributed by atoms with Crippen LogP contribution in [-0.2, 0) is 16.0 Å². The number of likely N-dealkylation sites (tertiary alicyclic amines) is 1. The maximum absolute atomic E-state index is 11.7. The largest absolute Gasteiger partial charge is 0.493 e. The molecule has 2 rings (SSSR count). The van der Waals surface area contributed by atoms with Crippen LogP contribution < -0.4 is 19.5 Å². The minimum Gasteiger partial charge on any atom is -0.493 e. The van der Waals surface area contributed by atoms with Gasteiger partial charge in [0.2, 0.25) is 5.75 Å². The molecule has 1 saturated heterocycles. The van der Waals surface area contributed by atoms with Gasteiger partial charge in [0.1, 0.15) is 0 Å². The molecule has 1 aliphatic heterocycles. The quantitative estimate of drug-likeness (QED) is 0.255. The van der Waals surface area contributed by atoms with Crippen LogP contribution in [0, 0.1) is 5.92 Å². The first-order valence-electron chi connectivity index (χ1n) is 9.40. The number of carbonyl (C=O) groups is 1. The highest BCUT2D eigenvalue weighted by molar-refractivity contribution is 14.0. The first-order valence-corrected chi connectivity index (χ1v) is 9.40. The van der Waals surface area contributed by atoms with Gasteiger partial charge in [-0.2, -0.15) is 0 Å². The average Bonchev–Trinajstić information content (AvgIpc) is 2.75. The van der Waals surface area contributed by atoms with Crippen molar-refractivity contribution in [1.29, 1.82) is 0 Å². The van der Waals surface area contributed by atoms with Gasteiger partial charge in [-0.3, -0.25) is 9.79 Å². The average molecular weight is 521 g/mol. The molecule has 0 spiro atoms. The molecule has 0 aliphatic carbocycles. The Morgan fingerprint density at radius 1 is 1.10 bits per heavy atom. The molecule has 0 unspecified atom stereocenters. The number of halogens is 1. The number of ether oxygens (including phenoxy) is 4. The molecule has 0 atom stereocenters. The lowest BCUT2D eigenvalue weighted by atomic mass is 9.97. The van der Waals surface area contributed by atoms with Gasteiger partial charge >= 0.3 is 5.97 Å². The zero-order valence-electron chi connectivity index (χ0n) is 17.8. The van der Waals surface area contributed by atoms with Gasteiger partial charge in [0.15, 0.2) is 17.5 Å². The summed E-state index contributed by atoms with van der Waals surface area (Å²) in [7, 11) is 8.04. The van der Waals surface area contributed by atoms with Crippen LogP contribution in [0.15, 0.2) is 17.1 Å². The van der Waals surface area contributed by atoms with Crippen molar-refractivity contribution in [3.63, 3.8) is 0 Å². The Balaban J connectivity index is 0.00000420. The highest BCUT2D eigenvalue weighted by atomic mass is 127. The molecule has 0 aromatic heterocycles. The van der Waals surface area contributed by atoms with Gasteiger partial charge in [-0.1, -0.05) is 6.07 Å². The molecular weight excluding hydrogens is 489 g/mol. The summed E-state index contributed by atoms with van der Waals surface area (Å²) in [5.41, 5.74) is 1.02. The number of hydrogen-bond donors (Lipinski definition) is 1. The molecule has 1 heterocycles. The molecule has 1 N–H and O–H groups in total. The standard InChI is InChI=1S/C20H31N3O5.HI/c1-21-20(23-12-9-15(10-13-23)19(24)28-5)22-11-8-14-6-7-16(25-2)18(27-4)17(14)26-3;/h6-7,15H,8-13H2,1-5H3,(H,21,22);1H. The number of nitrogens with one attached hydrogen (secondary N) is 1. The fraction of sp³-hybridized carbons (Fsp3) is 0.600.